The van der Waals surface area contributed by atoms with Crippen LogP contribution in [0.1, 0.15) is 41.4 Å². The third-order valence-corrected chi connectivity index (χ3v) is 11.1. The summed E-state index contributed by atoms with van der Waals surface area (Å²) in [4.78, 5) is 22.8. The van der Waals surface area contributed by atoms with E-state index in [1.54, 1.807) is 29.1 Å². The number of nitrogens with zero attached hydrogens (tertiary/aromatic N) is 5. The molecule has 1 aromatic carbocycles. The fourth-order valence-electron chi connectivity index (χ4n) is 4.48. The first-order valence-electron chi connectivity index (χ1n) is 14.2. The van der Waals surface area contributed by atoms with Crippen molar-refractivity contribution in [2.45, 2.75) is 38.6 Å². The summed E-state index contributed by atoms with van der Waals surface area (Å²) in [7, 11) is 2.82. The number of aryl methyl sites for hydroxylation is 1. The predicted molar refractivity (Wildman–Crippen MR) is 178 cm³/mol. The average molecular weight is 773 g/mol. The summed E-state index contributed by atoms with van der Waals surface area (Å²) in [6.45, 7) is 2.44. The minimum atomic E-state index is -4.82. The Morgan fingerprint density at radius 3 is 2.57 bits per heavy atom. The normalized spacial score (nSPS) is 12.8. The Hall–Kier alpha value is -3.76. The Labute approximate surface area is 276 Å². The average Bonchev–Trinajstić information content (AvgIpc) is 3.49. The van der Waals surface area contributed by atoms with E-state index in [1.165, 1.54) is 32.5 Å². The monoisotopic (exact) mass is 772 g/mol. The number of nitrogens with one attached hydrogen (secondary N) is 3. The quantitative estimate of drug-likeness (QED) is 0.0813. The van der Waals surface area contributed by atoms with Gasteiger partial charge in [-0.2, -0.15) is 23.3 Å². The number of hydrogen-bond donors (Lipinski definition) is 4. The Morgan fingerprint density at radius 1 is 1.13 bits per heavy atom. The number of carbonyl (C=O) groups is 1. The molecule has 1 unspecified atom stereocenters. The van der Waals surface area contributed by atoms with Crippen molar-refractivity contribution >= 4 is 55.9 Å². The van der Waals surface area contributed by atoms with Crippen LogP contribution in [0.2, 0.25) is 0 Å². The zero-order valence-electron chi connectivity index (χ0n) is 25.2. The lowest BCUT2D eigenvalue weighted by Gasteiger charge is -2.17. The van der Waals surface area contributed by atoms with Gasteiger partial charge in [0, 0.05) is 50.5 Å². The number of methoxy groups -OCH3 is 1. The van der Waals surface area contributed by atoms with Gasteiger partial charge in [-0.15, -0.1) is 0 Å². The van der Waals surface area contributed by atoms with E-state index in [9.17, 15) is 22.5 Å². The molecule has 0 saturated heterocycles. The summed E-state index contributed by atoms with van der Waals surface area (Å²) in [5, 5.41) is 21.3. The molecule has 46 heavy (non-hydrogen) atoms. The fraction of sp³-hybridized carbons (Fsp3) is 0.345. The topological polar surface area (TPSA) is 156 Å². The highest BCUT2D eigenvalue weighted by atomic mass is 127. The second kappa shape index (κ2) is 15.2. The van der Waals surface area contributed by atoms with E-state index in [0.29, 0.717) is 54.2 Å². The SMILES string of the molecule is CCCP(=O)(I)Cc1ccc(Nc2ncc(C(F)(F)F)c(Nc3ccc(-c4cnn(CCCO)c4)nc3C(=O)NC)n2)c(OC)c1. The van der Waals surface area contributed by atoms with Crippen LogP contribution < -0.4 is 20.7 Å². The highest BCUT2D eigenvalue weighted by Crippen LogP contribution is 2.58. The van der Waals surface area contributed by atoms with E-state index in [-0.39, 0.29) is 23.9 Å². The summed E-state index contributed by atoms with van der Waals surface area (Å²) in [6, 6.07) is 8.10. The maximum Gasteiger partial charge on any atom is 0.421 e. The van der Waals surface area contributed by atoms with Gasteiger partial charge in [0.2, 0.25) is 5.95 Å². The van der Waals surface area contributed by atoms with E-state index in [0.717, 1.165) is 12.0 Å². The van der Waals surface area contributed by atoms with Crippen LogP contribution in [0.3, 0.4) is 0 Å². The molecule has 4 aromatic rings. The zero-order valence-corrected chi connectivity index (χ0v) is 28.3. The van der Waals surface area contributed by atoms with Crippen molar-refractivity contribution in [2.24, 2.45) is 0 Å². The van der Waals surface area contributed by atoms with Crippen LogP contribution >= 0.6 is 26.8 Å². The number of hydrogen-bond acceptors (Lipinski definition) is 10. The molecular weight excluding hydrogens is 739 g/mol. The van der Waals surface area contributed by atoms with Crippen LogP contribution in [-0.2, 0) is 23.4 Å². The first-order valence-corrected chi connectivity index (χ1v) is 19.0. The maximum atomic E-state index is 14.1. The number of aliphatic hydroxyl groups is 1. The van der Waals surface area contributed by atoms with E-state index in [2.05, 4.69) is 36.0 Å². The second-order valence-corrected chi connectivity index (χ2v) is 17.8. The van der Waals surface area contributed by atoms with E-state index < -0.39 is 28.2 Å². The Bertz CT molecular complexity index is 1740. The number of carbonyl (C=O) groups excluding carboxylic acids is 1. The van der Waals surface area contributed by atoms with Gasteiger partial charge in [-0.3, -0.25) is 9.48 Å². The zero-order chi connectivity index (χ0) is 33.5. The Morgan fingerprint density at radius 2 is 1.89 bits per heavy atom. The van der Waals surface area contributed by atoms with Gasteiger partial charge in [-0.1, -0.05) is 13.0 Å². The number of anilines is 4. The van der Waals surface area contributed by atoms with Crippen LogP contribution in [0.4, 0.5) is 36.3 Å². The molecule has 12 nitrogen and oxygen atoms in total. The van der Waals surface area contributed by atoms with Crippen LogP contribution in [-0.4, -0.2) is 62.7 Å². The van der Waals surface area contributed by atoms with Crippen molar-refractivity contribution < 1.29 is 32.4 Å². The van der Waals surface area contributed by atoms with Crippen molar-refractivity contribution in [3.05, 3.63) is 65.7 Å². The number of pyridine rings is 1. The summed E-state index contributed by atoms with van der Waals surface area (Å²) in [5.74, 6) is -1.06. The Kier molecular flexibility index (Phi) is 11.6. The summed E-state index contributed by atoms with van der Waals surface area (Å²) in [5.41, 5.74) is 0.758. The van der Waals surface area contributed by atoms with Crippen LogP contribution in [0, 0.1) is 0 Å². The molecule has 0 bridgehead atoms. The van der Waals surface area contributed by atoms with E-state index >= 15 is 0 Å². The van der Waals surface area contributed by atoms with Gasteiger partial charge in [0.1, 0.15) is 21.9 Å². The first kappa shape index (κ1) is 35.1. The number of aromatic nitrogens is 5. The minimum Gasteiger partial charge on any atom is -0.495 e. The first-order chi connectivity index (χ1) is 21.9. The molecule has 17 heteroatoms. The molecular formula is C29H33F3IN8O4P. The summed E-state index contributed by atoms with van der Waals surface area (Å²) >= 11 is 2.01. The summed E-state index contributed by atoms with van der Waals surface area (Å²) in [6.07, 6.45) is 1.30. The van der Waals surface area contributed by atoms with Gasteiger partial charge >= 0.3 is 6.18 Å². The molecule has 0 saturated carbocycles. The maximum absolute atomic E-state index is 14.1. The van der Waals surface area contributed by atoms with Gasteiger partial charge in [0.15, 0.2) is 5.69 Å². The number of amides is 1. The Balaban J connectivity index is 1.67. The lowest BCUT2D eigenvalue weighted by molar-refractivity contribution is -0.137. The van der Waals surface area contributed by atoms with Gasteiger partial charge in [-0.25, -0.2) is 9.97 Å². The summed E-state index contributed by atoms with van der Waals surface area (Å²) < 4.78 is 62.1. The highest BCUT2D eigenvalue weighted by Gasteiger charge is 2.36. The lowest BCUT2D eigenvalue weighted by Crippen LogP contribution is -2.21. The van der Waals surface area contributed by atoms with Crippen LogP contribution in [0.15, 0.2) is 48.9 Å². The van der Waals surface area contributed by atoms with Gasteiger partial charge in [-0.05, 0) is 64.7 Å². The third kappa shape index (κ3) is 8.94. The largest absolute Gasteiger partial charge is 0.495 e. The molecule has 1 atom stereocenters. The minimum absolute atomic E-state index is 0.00336. The van der Waals surface area contributed by atoms with Crippen molar-refractivity contribution in [1.82, 2.24) is 30.0 Å². The number of alkyl halides is 3. The van der Waals surface area contributed by atoms with Crippen molar-refractivity contribution in [1.29, 1.82) is 0 Å². The number of halogens is 4. The van der Waals surface area contributed by atoms with Crippen molar-refractivity contribution in [2.75, 3.05) is 37.6 Å². The molecule has 1 amide bonds. The molecule has 0 aliphatic rings. The van der Waals surface area contributed by atoms with Gasteiger partial charge in [0.05, 0.1) is 30.4 Å². The second-order valence-electron chi connectivity index (χ2n) is 10.2. The molecule has 3 heterocycles. The van der Waals surface area contributed by atoms with Crippen LogP contribution in [0.5, 0.6) is 5.75 Å². The smallest absolute Gasteiger partial charge is 0.421 e. The molecule has 0 spiro atoms. The lowest BCUT2D eigenvalue weighted by atomic mass is 10.1. The van der Waals surface area contributed by atoms with E-state index in [4.69, 9.17) is 9.84 Å². The van der Waals surface area contributed by atoms with Gasteiger partial charge < -0.3 is 30.4 Å². The molecule has 0 radical (unpaired) electrons. The predicted octanol–water partition coefficient (Wildman–Crippen LogP) is 6.61. The molecule has 0 aliphatic heterocycles. The van der Waals surface area contributed by atoms with Crippen LogP contribution in [0.25, 0.3) is 11.3 Å². The molecule has 246 valence electrons. The third-order valence-electron chi connectivity index (χ3n) is 6.65. The number of rotatable bonds is 14. The molecule has 3 aromatic heterocycles. The molecule has 4 N–H and O–H groups in total. The molecule has 0 aliphatic carbocycles. The molecule has 4 rings (SSSR count). The number of aliphatic hydroxyl groups excluding tert-OH is 1. The fourth-order valence-corrected chi connectivity index (χ4v) is 8.68. The van der Waals surface area contributed by atoms with Gasteiger partial charge in [0.25, 0.3) is 5.91 Å². The highest BCUT2D eigenvalue weighted by molar-refractivity contribution is 14.2. The van der Waals surface area contributed by atoms with Crippen molar-refractivity contribution in [3.8, 4) is 17.0 Å². The number of ether oxygens (including phenoxy) is 1. The van der Waals surface area contributed by atoms with Crippen molar-refractivity contribution in [3.63, 3.8) is 0 Å². The van der Waals surface area contributed by atoms with E-state index in [1.807, 2.05) is 29.0 Å². The standard InChI is InChI=1S/C29H33F3IN8O4P/c1-4-12-46(33,44)17-18-6-7-22(24(13-18)45-3)39-28-35-15-20(29(30,31)32)26(40-28)38-23-9-8-21(37-25(23)27(43)34-2)19-14-36-41(16-19)10-5-11-42/h6-9,13-16,42H,4-5,10-12,17H2,1-3H3,(H,34,43)(H2,35,38,39,40). The number of benzene rings is 1. The molecule has 0 fully saturated rings.